The first-order chi connectivity index (χ1) is 20.8. The second kappa shape index (κ2) is 13.6. The van der Waals surface area contributed by atoms with Crippen LogP contribution in [0.3, 0.4) is 0 Å². The van der Waals surface area contributed by atoms with Crippen molar-refractivity contribution < 1.29 is 23.5 Å². The van der Waals surface area contributed by atoms with Gasteiger partial charge in [-0.2, -0.15) is 0 Å². The van der Waals surface area contributed by atoms with Crippen LogP contribution in [-0.2, 0) is 29.1 Å². The Morgan fingerprint density at radius 2 is 1.81 bits per heavy atom. The summed E-state index contributed by atoms with van der Waals surface area (Å²) in [6.07, 6.45) is 2.42. The lowest BCUT2D eigenvalue weighted by Crippen LogP contribution is -2.52. The highest BCUT2D eigenvalue weighted by molar-refractivity contribution is 6.05. The van der Waals surface area contributed by atoms with Gasteiger partial charge in [0.15, 0.2) is 0 Å². The number of rotatable bonds is 11. The molecule has 9 nitrogen and oxygen atoms in total. The summed E-state index contributed by atoms with van der Waals surface area (Å²) in [6.45, 7) is 5.76. The van der Waals surface area contributed by atoms with Gasteiger partial charge in [0, 0.05) is 41.1 Å². The Morgan fingerprint density at radius 3 is 2.58 bits per heavy atom. The Kier molecular flexibility index (Phi) is 9.51. The minimum atomic E-state index is -0.653. The minimum Gasteiger partial charge on any atom is -0.334 e. The maximum atomic E-state index is 13.1. The van der Waals surface area contributed by atoms with Crippen molar-refractivity contribution in [3.05, 3.63) is 101 Å². The highest BCUT2D eigenvalue weighted by atomic mass is 16.2. The molecule has 0 aliphatic carbocycles. The van der Waals surface area contributed by atoms with Crippen LogP contribution < -0.4 is 21.3 Å². The first-order valence-electron chi connectivity index (χ1n) is 15.0. The number of benzene rings is 3. The molecule has 0 spiro atoms. The van der Waals surface area contributed by atoms with E-state index in [-0.39, 0.29) is 35.1 Å². The average Bonchev–Trinajstić information content (AvgIpc) is 3.31. The van der Waals surface area contributed by atoms with Crippen molar-refractivity contribution in [2.75, 3.05) is 11.9 Å². The van der Waals surface area contributed by atoms with Crippen LogP contribution in [0.2, 0.25) is 0 Å². The largest absolute Gasteiger partial charge is 0.334 e. The van der Waals surface area contributed by atoms with Gasteiger partial charge < -0.3 is 20.9 Å². The predicted molar refractivity (Wildman–Crippen MR) is 172 cm³/mol. The lowest BCUT2D eigenvalue weighted by atomic mass is 9.89. The number of hydrogen-bond acceptors (Lipinski definition) is 5. The molecule has 5 rings (SSSR count). The maximum Gasteiger partial charge on any atom is 0.319 e. The second-order valence-electron chi connectivity index (χ2n) is 11.6. The van der Waals surface area contributed by atoms with Crippen molar-refractivity contribution in [2.45, 2.75) is 70.6 Å². The predicted octanol–water partition coefficient (Wildman–Crippen LogP) is 5.22. The van der Waals surface area contributed by atoms with Crippen LogP contribution in [0.1, 0.15) is 75.9 Å². The van der Waals surface area contributed by atoms with E-state index >= 15 is 0 Å². The third kappa shape index (κ3) is 7.67. The molecule has 0 saturated carbocycles. The van der Waals surface area contributed by atoms with Crippen molar-refractivity contribution >= 4 is 29.4 Å². The fourth-order valence-corrected chi connectivity index (χ4v) is 5.77. The summed E-state index contributed by atoms with van der Waals surface area (Å²) < 4.78 is 0. The third-order valence-corrected chi connectivity index (χ3v) is 8.03. The molecule has 3 aromatic carbocycles. The number of hydrogen-bond donors (Lipinski definition) is 4. The Morgan fingerprint density at radius 1 is 1.00 bits per heavy atom. The zero-order valence-electron chi connectivity index (χ0n) is 24.7. The molecule has 2 aliphatic heterocycles. The average molecular weight is 588 g/mol. The van der Waals surface area contributed by atoms with Gasteiger partial charge in [-0.15, -0.1) is 0 Å². The highest BCUT2D eigenvalue weighted by Gasteiger charge is 2.39. The zero-order chi connectivity index (χ0) is 30.3. The molecule has 2 atom stereocenters. The van der Waals surface area contributed by atoms with Gasteiger partial charge in [0.2, 0.25) is 11.8 Å². The normalized spacial score (nSPS) is 17.0. The molecule has 5 amide bonds. The molecular weight excluding hydrogens is 542 g/mol. The number of anilines is 1. The van der Waals surface area contributed by atoms with E-state index in [1.54, 1.807) is 6.07 Å². The van der Waals surface area contributed by atoms with Gasteiger partial charge in [-0.05, 0) is 72.2 Å². The molecule has 2 heterocycles. The molecule has 0 aromatic heterocycles. The molecule has 43 heavy (non-hydrogen) atoms. The Bertz CT molecular complexity index is 1510. The van der Waals surface area contributed by atoms with Gasteiger partial charge >= 0.3 is 6.03 Å². The maximum absolute atomic E-state index is 13.1. The van der Waals surface area contributed by atoms with Gasteiger partial charge in [-0.1, -0.05) is 68.4 Å². The second-order valence-corrected chi connectivity index (χ2v) is 11.6. The van der Waals surface area contributed by atoms with Gasteiger partial charge in [-0.3, -0.25) is 19.7 Å². The van der Waals surface area contributed by atoms with Gasteiger partial charge in [0.1, 0.15) is 6.04 Å². The van der Waals surface area contributed by atoms with Gasteiger partial charge in [0.25, 0.3) is 5.91 Å². The number of nitrogens with one attached hydrogen (secondary N) is 4. The lowest BCUT2D eigenvalue weighted by Gasteiger charge is -2.29. The Balaban J connectivity index is 0.00000245. The van der Waals surface area contributed by atoms with Crippen LogP contribution in [0.15, 0.2) is 72.8 Å². The number of carbonyl (C=O) groups excluding carboxylic acids is 4. The van der Waals surface area contributed by atoms with E-state index in [0.29, 0.717) is 36.2 Å². The van der Waals surface area contributed by atoms with Crippen LogP contribution >= 0.6 is 0 Å². The number of fused-ring (bicyclic) bond motifs is 1. The van der Waals surface area contributed by atoms with E-state index in [1.807, 2.05) is 36.4 Å². The summed E-state index contributed by atoms with van der Waals surface area (Å²) in [4.78, 5) is 51.3. The third-order valence-electron chi connectivity index (χ3n) is 8.03. The summed E-state index contributed by atoms with van der Waals surface area (Å²) in [7, 11) is 0. The zero-order valence-corrected chi connectivity index (χ0v) is 24.7. The molecule has 4 N–H and O–H groups in total. The van der Waals surface area contributed by atoms with Crippen LogP contribution in [-0.4, -0.2) is 47.3 Å². The van der Waals surface area contributed by atoms with Gasteiger partial charge in [0.05, 0.1) is 0 Å². The van der Waals surface area contributed by atoms with Crippen LogP contribution in [0.5, 0.6) is 0 Å². The molecular formula is C34H45N5O4. The van der Waals surface area contributed by atoms with Crippen molar-refractivity contribution in [2.24, 2.45) is 0 Å². The number of carbonyl (C=O) groups is 4. The highest BCUT2D eigenvalue weighted by Crippen LogP contribution is 2.29. The molecule has 1 saturated heterocycles. The molecule has 9 heteroatoms. The molecule has 1 fully saturated rings. The Hall–Kier alpha value is -4.50. The number of imide groups is 1. The first-order valence-corrected chi connectivity index (χ1v) is 15.0. The monoisotopic (exact) mass is 587 g/mol. The summed E-state index contributed by atoms with van der Waals surface area (Å²) in [6, 6.07) is 23.4. The quantitative estimate of drug-likeness (QED) is 0.229. The molecule has 2 unspecified atom stereocenters. The topological polar surface area (TPSA) is 120 Å². The van der Waals surface area contributed by atoms with Crippen LogP contribution in [0.4, 0.5) is 10.5 Å². The smallest absolute Gasteiger partial charge is 0.319 e. The van der Waals surface area contributed by atoms with E-state index in [9.17, 15) is 19.2 Å². The number of nitrogens with zero attached hydrogens (tertiary/aromatic N) is 1. The summed E-state index contributed by atoms with van der Waals surface area (Å²) in [5.74, 6) is -0.684. The van der Waals surface area contributed by atoms with Crippen molar-refractivity contribution in [3.63, 3.8) is 0 Å². The minimum absolute atomic E-state index is 0. The van der Waals surface area contributed by atoms with Crippen LogP contribution in [0, 0.1) is 0 Å². The van der Waals surface area contributed by atoms with E-state index in [2.05, 4.69) is 65.4 Å². The SMILES string of the molecule is CC(C)NCCC(Cc1ccccc1)c1cccc(NC(=O)NCc2ccc3c(c2)C(=O)N(C2CCC(=O)NC2=O)C3)c1.[HH].[HH].[HH]. The van der Waals surface area contributed by atoms with Gasteiger partial charge in [-0.25, -0.2) is 4.79 Å². The standard InChI is InChI=1S/C34H39N5O4.3H2/c1-22(2)35-16-15-26(17-23-7-4-3-5-8-23)25-9-6-10-28(19-25)37-34(43)36-20-24-11-12-27-21-39(33(42)29(27)18-24)30-13-14-31(40)38-32(30)41;;;/h3-12,18-19,22,26,30,35H,13-17,20-21H2,1-2H3,(H2,36,37,43)(H,38,40,41);3*1H. The summed E-state index contributed by atoms with van der Waals surface area (Å²) >= 11 is 0. The summed E-state index contributed by atoms with van der Waals surface area (Å²) in [5.41, 5.74) is 5.30. The molecule has 2 aliphatic rings. The number of amides is 5. The molecule has 0 bridgehead atoms. The fourth-order valence-electron chi connectivity index (χ4n) is 5.77. The fraction of sp³-hybridized carbons (Fsp3) is 0.353. The van der Waals surface area contributed by atoms with Crippen molar-refractivity contribution in [3.8, 4) is 0 Å². The number of piperidine rings is 1. The molecule has 3 aromatic rings. The van der Waals surface area contributed by atoms with E-state index in [4.69, 9.17) is 0 Å². The van der Waals surface area contributed by atoms with Crippen molar-refractivity contribution in [1.82, 2.24) is 20.9 Å². The van der Waals surface area contributed by atoms with E-state index < -0.39 is 11.9 Å². The first kappa shape index (κ1) is 30.0. The summed E-state index contributed by atoms with van der Waals surface area (Å²) in [5, 5.41) is 11.7. The Labute approximate surface area is 256 Å². The van der Waals surface area contributed by atoms with Crippen LogP contribution in [0.25, 0.3) is 0 Å². The lowest BCUT2D eigenvalue weighted by molar-refractivity contribution is -0.136. The molecule has 230 valence electrons. The van der Waals surface area contributed by atoms with E-state index in [0.717, 1.165) is 30.5 Å². The molecule has 0 radical (unpaired) electrons. The van der Waals surface area contributed by atoms with Crippen molar-refractivity contribution in [1.29, 1.82) is 0 Å². The number of urea groups is 1. The van der Waals surface area contributed by atoms with E-state index in [1.165, 1.54) is 16.0 Å².